The zero-order valence-corrected chi connectivity index (χ0v) is 13.9. The zero-order chi connectivity index (χ0) is 18.8. The number of aromatic hydroxyl groups is 3. The Hall–Kier alpha value is -2.84. The minimum atomic E-state index is -2.68. The number of hydrogen-bond donors (Lipinski definition) is 5. The fourth-order valence-corrected chi connectivity index (χ4v) is 2.43. The van der Waals surface area contributed by atoms with Crippen molar-refractivity contribution in [1.29, 1.82) is 0 Å². The highest BCUT2D eigenvalue weighted by molar-refractivity contribution is 7.39. The molecule has 10 heteroatoms. The van der Waals surface area contributed by atoms with E-state index in [1.165, 1.54) is 30.3 Å². The third-order valence-electron chi connectivity index (χ3n) is 3.44. The van der Waals surface area contributed by atoms with Gasteiger partial charge in [-0.15, -0.1) is 0 Å². The predicted molar refractivity (Wildman–Crippen MR) is 90.9 cm³/mol. The molecular formula is C16H13O9P. The van der Waals surface area contributed by atoms with Gasteiger partial charge in [0.05, 0.1) is 5.39 Å². The van der Waals surface area contributed by atoms with Gasteiger partial charge in [-0.25, -0.2) is 0 Å². The van der Waals surface area contributed by atoms with Gasteiger partial charge in [0.15, 0.2) is 24.1 Å². The summed E-state index contributed by atoms with van der Waals surface area (Å²) in [5.74, 6) is -1.34. The molecule has 0 bridgehead atoms. The van der Waals surface area contributed by atoms with Crippen LogP contribution in [-0.4, -0.2) is 31.9 Å². The van der Waals surface area contributed by atoms with Gasteiger partial charge in [0.25, 0.3) is 0 Å². The monoisotopic (exact) mass is 380 g/mol. The first-order valence-corrected chi connectivity index (χ1v) is 8.29. The summed E-state index contributed by atoms with van der Waals surface area (Å²) < 4.78 is 15.4. The van der Waals surface area contributed by atoms with E-state index >= 15 is 0 Å². The van der Waals surface area contributed by atoms with Crippen LogP contribution in [0.1, 0.15) is 0 Å². The standard InChI is InChI=1S/C16H13O9P/c17-9-2-3-10-13(6-9)25-15(8-1-4-11(18)12(19)5-8)16(14(10)20)23-7-24-26(21)22/h1-6,17-19,21-22H,7H2. The van der Waals surface area contributed by atoms with Crippen molar-refractivity contribution in [3.8, 4) is 34.3 Å². The number of benzene rings is 2. The van der Waals surface area contributed by atoms with E-state index in [1.807, 2.05) is 0 Å². The molecule has 0 saturated heterocycles. The number of ether oxygens (including phenoxy) is 1. The van der Waals surface area contributed by atoms with E-state index in [-0.39, 0.29) is 39.5 Å². The quantitative estimate of drug-likeness (QED) is 0.255. The Bertz CT molecular complexity index is 1010. The maximum Gasteiger partial charge on any atom is 0.330 e. The summed E-state index contributed by atoms with van der Waals surface area (Å²) in [6, 6.07) is 7.60. The smallest absolute Gasteiger partial charge is 0.330 e. The van der Waals surface area contributed by atoms with E-state index in [4.69, 9.17) is 18.9 Å². The Balaban J connectivity index is 2.19. The van der Waals surface area contributed by atoms with Crippen molar-refractivity contribution in [3.63, 3.8) is 0 Å². The van der Waals surface area contributed by atoms with Crippen molar-refractivity contribution in [1.82, 2.24) is 0 Å². The molecule has 9 nitrogen and oxygen atoms in total. The molecule has 0 atom stereocenters. The fourth-order valence-electron chi connectivity index (χ4n) is 2.28. The van der Waals surface area contributed by atoms with Crippen LogP contribution in [0.25, 0.3) is 22.3 Å². The molecule has 0 aliphatic rings. The highest BCUT2D eigenvalue weighted by Crippen LogP contribution is 2.36. The molecular weight excluding hydrogens is 367 g/mol. The number of hydrogen-bond acceptors (Lipinski definition) is 9. The normalized spacial score (nSPS) is 11.2. The number of phenolic OH excluding ortho intramolecular Hbond substituents is 3. The predicted octanol–water partition coefficient (Wildman–Crippen LogP) is 2.14. The summed E-state index contributed by atoms with van der Waals surface area (Å²) >= 11 is 0. The lowest BCUT2D eigenvalue weighted by Gasteiger charge is -2.12. The van der Waals surface area contributed by atoms with E-state index < -0.39 is 26.6 Å². The Morgan fingerprint density at radius 2 is 1.77 bits per heavy atom. The number of fused-ring (bicyclic) bond motifs is 1. The third-order valence-corrected chi connectivity index (χ3v) is 3.78. The molecule has 0 unspecified atom stereocenters. The lowest BCUT2D eigenvalue weighted by atomic mass is 10.1. The summed E-state index contributed by atoms with van der Waals surface area (Å²) in [7, 11) is -2.68. The van der Waals surface area contributed by atoms with Gasteiger partial charge in [0.2, 0.25) is 11.2 Å². The van der Waals surface area contributed by atoms with Crippen molar-refractivity contribution in [3.05, 3.63) is 46.6 Å². The third kappa shape index (κ3) is 3.56. The van der Waals surface area contributed by atoms with Gasteiger partial charge in [-0.05, 0) is 30.3 Å². The van der Waals surface area contributed by atoms with Crippen LogP contribution in [0.3, 0.4) is 0 Å². The zero-order valence-electron chi connectivity index (χ0n) is 13.0. The van der Waals surface area contributed by atoms with Crippen LogP contribution in [0.15, 0.2) is 45.6 Å². The topological polar surface area (TPSA) is 150 Å². The van der Waals surface area contributed by atoms with E-state index in [0.717, 1.165) is 6.07 Å². The van der Waals surface area contributed by atoms with Crippen LogP contribution in [0.4, 0.5) is 0 Å². The lowest BCUT2D eigenvalue weighted by molar-refractivity contribution is 0.103. The van der Waals surface area contributed by atoms with E-state index in [0.29, 0.717) is 0 Å². The van der Waals surface area contributed by atoms with Crippen molar-refractivity contribution in [2.75, 3.05) is 6.79 Å². The second-order valence-electron chi connectivity index (χ2n) is 5.12. The summed E-state index contributed by atoms with van der Waals surface area (Å²) in [4.78, 5) is 30.3. The van der Waals surface area contributed by atoms with Crippen LogP contribution < -0.4 is 10.2 Å². The average molecular weight is 380 g/mol. The molecule has 26 heavy (non-hydrogen) atoms. The molecule has 0 fully saturated rings. The molecule has 1 heterocycles. The molecule has 5 N–H and O–H groups in total. The van der Waals surface area contributed by atoms with Crippen molar-refractivity contribution < 1.29 is 38.8 Å². The largest absolute Gasteiger partial charge is 0.508 e. The van der Waals surface area contributed by atoms with Crippen molar-refractivity contribution >= 4 is 19.6 Å². The Labute approximate surface area is 146 Å². The molecule has 136 valence electrons. The second kappa shape index (κ2) is 7.19. The summed E-state index contributed by atoms with van der Waals surface area (Å²) in [5, 5.41) is 28.8. The van der Waals surface area contributed by atoms with Crippen LogP contribution in [0, 0.1) is 0 Å². The molecule has 0 radical (unpaired) electrons. The first kappa shape index (κ1) is 18.0. The van der Waals surface area contributed by atoms with Gasteiger partial charge < -0.3 is 34.3 Å². The minimum Gasteiger partial charge on any atom is -0.508 e. The molecule has 0 aliphatic carbocycles. The number of rotatable bonds is 5. The highest BCUT2D eigenvalue weighted by Gasteiger charge is 2.19. The first-order valence-electron chi connectivity index (χ1n) is 7.12. The van der Waals surface area contributed by atoms with E-state index in [2.05, 4.69) is 4.52 Å². The Morgan fingerprint density at radius 1 is 1.00 bits per heavy atom. The Kier molecular flexibility index (Phi) is 4.97. The van der Waals surface area contributed by atoms with Gasteiger partial charge in [-0.2, -0.15) is 0 Å². The van der Waals surface area contributed by atoms with Crippen LogP contribution in [0.5, 0.6) is 23.0 Å². The van der Waals surface area contributed by atoms with Gasteiger partial charge >= 0.3 is 8.60 Å². The molecule has 3 aromatic rings. The molecule has 2 aromatic carbocycles. The summed E-state index contributed by atoms with van der Waals surface area (Å²) in [6.07, 6.45) is 0. The molecule has 3 rings (SSSR count). The lowest BCUT2D eigenvalue weighted by Crippen LogP contribution is -2.11. The second-order valence-corrected chi connectivity index (χ2v) is 5.88. The van der Waals surface area contributed by atoms with Gasteiger partial charge in [0.1, 0.15) is 11.3 Å². The van der Waals surface area contributed by atoms with Gasteiger partial charge in [-0.3, -0.25) is 9.32 Å². The molecule has 1 aromatic heterocycles. The fraction of sp³-hybridized carbons (Fsp3) is 0.0625. The average Bonchev–Trinajstić information content (AvgIpc) is 2.58. The van der Waals surface area contributed by atoms with Crippen LogP contribution in [0.2, 0.25) is 0 Å². The summed E-state index contributed by atoms with van der Waals surface area (Å²) in [6.45, 7) is -0.635. The molecule has 0 amide bonds. The maximum absolute atomic E-state index is 12.7. The molecule has 0 saturated carbocycles. The number of phenols is 3. The Morgan fingerprint density at radius 3 is 2.46 bits per heavy atom. The van der Waals surface area contributed by atoms with E-state index in [9.17, 15) is 20.1 Å². The minimum absolute atomic E-state index is 0.0670. The SMILES string of the molecule is O=c1c(OCOP(O)O)c(-c2ccc(O)c(O)c2)oc2cc(O)ccc12. The maximum atomic E-state index is 12.7. The van der Waals surface area contributed by atoms with Gasteiger partial charge in [0, 0.05) is 11.6 Å². The van der Waals surface area contributed by atoms with Crippen LogP contribution in [-0.2, 0) is 4.52 Å². The van der Waals surface area contributed by atoms with Crippen LogP contribution >= 0.6 is 8.60 Å². The highest BCUT2D eigenvalue weighted by atomic mass is 31.2. The summed E-state index contributed by atoms with van der Waals surface area (Å²) in [5.41, 5.74) is -0.331. The molecule has 0 aliphatic heterocycles. The first-order chi connectivity index (χ1) is 12.4. The van der Waals surface area contributed by atoms with Crippen molar-refractivity contribution in [2.45, 2.75) is 0 Å². The molecule has 0 spiro atoms. The van der Waals surface area contributed by atoms with E-state index in [1.54, 1.807) is 0 Å². The van der Waals surface area contributed by atoms with Gasteiger partial charge in [-0.1, -0.05) is 0 Å². The van der Waals surface area contributed by atoms with Crippen molar-refractivity contribution in [2.24, 2.45) is 0 Å².